The lowest BCUT2D eigenvalue weighted by Gasteiger charge is -2.16. The summed E-state index contributed by atoms with van der Waals surface area (Å²) in [7, 11) is 0. The molecule has 4 rings (SSSR count). The van der Waals surface area contributed by atoms with Crippen molar-refractivity contribution in [3.8, 4) is 5.75 Å². The van der Waals surface area contributed by atoms with Crippen molar-refractivity contribution >= 4 is 23.0 Å². The smallest absolute Gasteiger partial charge is 0.252 e. The molecule has 2 aromatic carbocycles. The Hall–Kier alpha value is -2.44. The molecule has 4 N–H and O–H groups in total. The lowest BCUT2D eigenvalue weighted by Crippen LogP contribution is -2.32. The van der Waals surface area contributed by atoms with Crippen LogP contribution >= 0.6 is 0 Å². The fourth-order valence-electron chi connectivity index (χ4n) is 4.32. The Labute approximate surface area is 171 Å². The van der Waals surface area contributed by atoms with Gasteiger partial charge in [-0.15, -0.1) is 0 Å². The molecule has 0 atom stereocenters. The van der Waals surface area contributed by atoms with Gasteiger partial charge in [0, 0.05) is 34.0 Å². The molecule has 0 aliphatic heterocycles. The molecule has 156 valence electrons. The van der Waals surface area contributed by atoms with E-state index < -0.39 is 0 Å². The molecule has 2 aliphatic carbocycles. The zero-order valence-electron chi connectivity index (χ0n) is 16.9. The van der Waals surface area contributed by atoms with Crippen LogP contribution in [0.2, 0.25) is 0 Å². The summed E-state index contributed by atoms with van der Waals surface area (Å²) in [5, 5.41) is 13.2. The summed E-state index contributed by atoms with van der Waals surface area (Å²) in [5.74, 6) is 0.0146. The molecule has 6 nitrogen and oxygen atoms in total. The van der Waals surface area contributed by atoms with Crippen LogP contribution in [0.5, 0.6) is 5.75 Å². The molecule has 2 aliphatic rings. The van der Waals surface area contributed by atoms with Crippen molar-refractivity contribution in [3.05, 3.63) is 41.0 Å². The summed E-state index contributed by atoms with van der Waals surface area (Å²) in [6.07, 6.45) is 10.2. The summed E-state index contributed by atoms with van der Waals surface area (Å²) in [6, 6.07) is 7.34. The lowest BCUT2D eigenvalue weighted by molar-refractivity contribution is -0.136. The van der Waals surface area contributed by atoms with Crippen LogP contribution < -0.4 is 15.9 Å². The first kappa shape index (κ1) is 21.3. The fourth-order valence-corrected chi connectivity index (χ4v) is 4.32. The summed E-state index contributed by atoms with van der Waals surface area (Å²) in [4.78, 5) is 28.4. The Bertz CT molecular complexity index is 869. The number of hydrogen-bond donors (Lipinski definition) is 3. The predicted octanol–water partition coefficient (Wildman–Crippen LogP) is 4.37. The van der Waals surface area contributed by atoms with E-state index in [9.17, 15) is 9.59 Å². The minimum atomic E-state index is -0.155. The van der Waals surface area contributed by atoms with E-state index in [2.05, 4.69) is 10.2 Å². The van der Waals surface area contributed by atoms with E-state index >= 15 is 0 Å². The van der Waals surface area contributed by atoms with E-state index in [1.54, 1.807) is 24.3 Å². The Morgan fingerprint density at radius 2 is 1.72 bits per heavy atom. The average Bonchev–Trinajstić information content (AvgIpc) is 3.42. The fraction of sp³-hybridized carbons (Fsp3) is 0.478. The number of nitrogens with two attached hydrogens (primary N) is 1. The van der Waals surface area contributed by atoms with Gasteiger partial charge in [-0.1, -0.05) is 37.8 Å². The number of nitrogens with one attached hydrogen (secondary N) is 1. The van der Waals surface area contributed by atoms with Gasteiger partial charge in [0.05, 0.1) is 0 Å². The van der Waals surface area contributed by atoms with Crippen molar-refractivity contribution in [2.75, 3.05) is 0 Å². The zero-order chi connectivity index (χ0) is 20.8. The minimum absolute atomic E-state index is 0.155. The number of rotatable bonds is 4. The van der Waals surface area contributed by atoms with Gasteiger partial charge >= 0.3 is 0 Å². The maximum Gasteiger partial charge on any atom is 0.252 e. The molecule has 6 heteroatoms. The van der Waals surface area contributed by atoms with E-state index in [-0.39, 0.29) is 17.7 Å². The molecule has 0 bridgehead atoms. The van der Waals surface area contributed by atoms with Gasteiger partial charge in [0.1, 0.15) is 0 Å². The second kappa shape index (κ2) is 9.85. The van der Waals surface area contributed by atoms with E-state index in [4.69, 9.17) is 11.0 Å². The Balaban J connectivity index is 0.000000343. The van der Waals surface area contributed by atoms with Crippen molar-refractivity contribution in [1.29, 1.82) is 0 Å². The van der Waals surface area contributed by atoms with Gasteiger partial charge in [-0.25, -0.2) is 5.26 Å². The molecule has 0 aromatic heterocycles. The maximum atomic E-state index is 12.7. The van der Waals surface area contributed by atoms with Gasteiger partial charge in [0.2, 0.25) is 0 Å². The molecule has 2 aromatic rings. The predicted molar refractivity (Wildman–Crippen MR) is 113 cm³/mol. The number of benzene rings is 2. The Morgan fingerprint density at radius 3 is 2.28 bits per heavy atom. The number of fused-ring (bicyclic) bond motifs is 1. The van der Waals surface area contributed by atoms with Crippen molar-refractivity contribution in [2.24, 2.45) is 5.73 Å². The van der Waals surface area contributed by atoms with Gasteiger partial charge in [-0.2, -0.15) is 0 Å². The average molecular weight is 399 g/mol. The molecule has 0 saturated heterocycles. The third-order valence-electron chi connectivity index (χ3n) is 5.92. The van der Waals surface area contributed by atoms with Gasteiger partial charge < -0.3 is 15.9 Å². The molecule has 0 spiro atoms. The first-order valence-electron chi connectivity index (χ1n) is 10.4. The quantitative estimate of drug-likeness (QED) is 0.403. The number of aldehydes is 1. The first-order chi connectivity index (χ1) is 14.0. The van der Waals surface area contributed by atoms with Crippen LogP contribution in [0, 0.1) is 6.92 Å². The Kier molecular flexibility index (Phi) is 7.23. The zero-order valence-corrected chi connectivity index (χ0v) is 16.9. The van der Waals surface area contributed by atoms with Crippen LogP contribution in [-0.4, -0.2) is 29.5 Å². The SMILES string of the molecule is Cc1ccc(OO)c2c(C=O)ccc(C(=O)NC3CCCC3)c12.NC1CCCC1. The summed E-state index contributed by atoms with van der Waals surface area (Å²) >= 11 is 0. The van der Waals surface area contributed by atoms with E-state index in [1.165, 1.54) is 25.7 Å². The van der Waals surface area contributed by atoms with Crippen molar-refractivity contribution in [1.82, 2.24) is 5.32 Å². The highest BCUT2D eigenvalue weighted by Crippen LogP contribution is 2.33. The van der Waals surface area contributed by atoms with Gasteiger partial charge in [-0.05, 0) is 50.3 Å². The van der Waals surface area contributed by atoms with E-state index in [1.807, 2.05) is 6.92 Å². The standard InChI is InChI=1S/C18H19NO4.C5H11N/c1-11-6-9-15(23-22)17-12(10-20)7-8-14(16(11)17)18(21)19-13-4-2-3-5-13;6-5-3-1-2-4-5/h6-10,13,22H,2-5H2,1H3,(H,19,21);5H,1-4,6H2. The summed E-state index contributed by atoms with van der Waals surface area (Å²) < 4.78 is 0. The molecule has 0 heterocycles. The number of carbonyl (C=O) groups excluding carboxylic acids is 2. The largest absolute Gasteiger partial charge is 0.349 e. The highest BCUT2D eigenvalue weighted by molar-refractivity contribution is 6.13. The van der Waals surface area contributed by atoms with Crippen LogP contribution in [0.15, 0.2) is 24.3 Å². The van der Waals surface area contributed by atoms with Gasteiger partial charge in [0.25, 0.3) is 5.91 Å². The van der Waals surface area contributed by atoms with E-state index in [0.717, 1.165) is 31.2 Å². The summed E-state index contributed by atoms with van der Waals surface area (Å²) in [6.45, 7) is 1.87. The van der Waals surface area contributed by atoms with Crippen LogP contribution in [0.25, 0.3) is 10.8 Å². The molecule has 1 amide bonds. The molecule has 2 fully saturated rings. The molecule has 0 unspecified atom stereocenters. The van der Waals surface area contributed by atoms with Gasteiger partial charge in [-0.3, -0.25) is 9.59 Å². The number of carbonyl (C=O) groups is 2. The third kappa shape index (κ3) is 4.95. The van der Waals surface area contributed by atoms with E-state index in [0.29, 0.717) is 34.2 Å². The number of hydrogen-bond acceptors (Lipinski definition) is 5. The molecular formula is C23H30N2O4. The third-order valence-corrected chi connectivity index (χ3v) is 5.92. The second-order valence-electron chi connectivity index (χ2n) is 8.04. The highest BCUT2D eigenvalue weighted by atomic mass is 17.1. The van der Waals surface area contributed by atoms with Crippen molar-refractivity contribution in [3.63, 3.8) is 0 Å². The number of amides is 1. The highest BCUT2D eigenvalue weighted by Gasteiger charge is 2.21. The lowest BCUT2D eigenvalue weighted by atomic mass is 9.95. The minimum Gasteiger partial charge on any atom is -0.349 e. The molecule has 0 radical (unpaired) electrons. The molecule has 29 heavy (non-hydrogen) atoms. The topological polar surface area (TPSA) is 102 Å². The maximum absolute atomic E-state index is 12.7. The van der Waals surface area contributed by atoms with Crippen molar-refractivity contribution in [2.45, 2.75) is 70.4 Å². The monoisotopic (exact) mass is 398 g/mol. The van der Waals surface area contributed by atoms with Crippen LogP contribution in [0.3, 0.4) is 0 Å². The van der Waals surface area contributed by atoms with Crippen LogP contribution in [0.1, 0.15) is 77.6 Å². The number of aryl methyl sites for hydroxylation is 1. The van der Waals surface area contributed by atoms with Crippen LogP contribution in [-0.2, 0) is 0 Å². The normalized spacial score (nSPS) is 17.1. The molecule has 2 saturated carbocycles. The molecular weight excluding hydrogens is 368 g/mol. The van der Waals surface area contributed by atoms with Crippen molar-refractivity contribution < 1.29 is 19.7 Å². The summed E-state index contributed by atoms with van der Waals surface area (Å²) in [5.41, 5.74) is 7.26. The first-order valence-corrected chi connectivity index (χ1v) is 10.4. The van der Waals surface area contributed by atoms with Crippen LogP contribution in [0.4, 0.5) is 0 Å². The Morgan fingerprint density at radius 1 is 1.07 bits per heavy atom. The van der Waals surface area contributed by atoms with Gasteiger partial charge in [0.15, 0.2) is 12.0 Å². The second-order valence-corrected chi connectivity index (χ2v) is 8.04.